The number of hydrogen-bond donors (Lipinski definition) is 0. The van der Waals surface area contributed by atoms with Crippen LogP contribution >= 0.6 is 15.9 Å². The molecule has 14 aromatic carbocycles. The number of nitrogens with zero attached hydrogens (tertiary/aromatic N) is 4. The van der Waals surface area contributed by atoms with Gasteiger partial charge in [0.05, 0.1) is 46.4 Å². The van der Waals surface area contributed by atoms with E-state index in [2.05, 4.69) is 414 Å². The van der Waals surface area contributed by atoms with Crippen LogP contribution < -0.4 is 47.0 Å². The van der Waals surface area contributed by atoms with Crippen molar-refractivity contribution in [1.29, 1.82) is 0 Å². The van der Waals surface area contributed by atoms with Crippen molar-refractivity contribution in [2.24, 2.45) is 0 Å². The molecule has 0 N–H and O–H groups in total. The minimum atomic E-state index is -2.80. The third kappa shape index (κ3) is 13.3. The van der Waals surface area contributed by atoms with Gasteiger partial charge in [0, 0.05) is 57.8 Å². The standard InChI is InChI=1S/C43H30N2Si.C25H18BrNSi.C24H24BNO2.CH4.Pd/c1-44-34-28-33(32-16-15-17-35(29-32)45-42-26-13-11-24-40(42)41-25-12-14-27-43(41)45)30-39(31-34)46(36-18-5-2-6-19-36,37-20-7-3-8-21-37)38-22-9-4-10-23-38;1-27-21-17-20(26)18-25(19-21)28(22-11-5-2-6-12-22,23-13-7-3-8-14-23)24-15-9-4-10-16-24;1-23(2)24(3,4)28-25(27-23)17-10-9-11-18(16-17)26-21-14-7-5-12-19(21)20-13-6-8-15-22(20)26;;/h2-31H;2-19H;5-16H,1-4H3;1H4;. The van der Waals surface area contributed by atoms with E-state index < -0.39 is 16.1 Å². The first-order valence-corrected chi connectivity index (χ1v) is 39.3. The van der Waals surface area contributed by atoms with Gasteiger partial charge < -0.3 is 18.4 Å². The molecule has 11 heteroatoms. The number of para-hydroxylation sites is 4. The van der Waals surface area contributed by atoms with Gasteiger partial charge >= 0.3 is 7.12 Å². The Morgan fingerprint density at radius 1 is 0.317 bits per heavy atom. The molecule has 16 aromatic rings. The van der Waals surface area contributed by atoms with Gasteiger partial charge in [-0.15, -0.1) is 0 Å². The fourth-order valence-corrected chi connectivity index (χ4v) is 25.4. The Labute approximate surface area is 635 Å². The summed E-state index contributed by atoms with van der Waals surface area (Å²) >= 11 is 3.64. The normalized spacial score (nSPS) is 12.9. The van der Waals surface area contributed by atoms with Crippen LogP contribution in [0.2, 0.25) is 0 Å². The predicted molar refractivity (Wildman–Crippen MR) is 443 cm³/mol. The molecule has 0 bridgehead atoms. The average Bonchev–Trinajstić information content (AvgIpc) is 0.956. The van der Waals surface area contributed by atoms with Crippen molar-refractivity contribution < 1.29 is 29.7 Å². The maximum absolute atomic E-state index is 8.19. The van der Waals surface area contributed by atoms with Gasteiger partial charge in [0.15, 0.2) is 27.5 Å². The summed E-state index contributed by atoms with van der Waals surface area (Å²) < 4.78 is 18.1. The molecule has 1 aliphatic heterocycles. The molecule has 104 heavy (non-hydrogen) atoms. The van der Waals surface area contributed by atoms with Crippen molar-refractivity contribution in [3.63, 3.8) is 0 Å². The molecule has 2 aromatic heterocycles. The Hall–Kier alpha value is -10.8. The molecular weight excluding hydrogens is 1460 g/mol. The Kier molecular flexibility index (Phi) is 21.1. The molecule has 6 nitrogen and oxygen atoms in total. The number of fused-ring (bicyclic) bond motifs is 6. The van der Waals surface area contributed by atoms with Gasteiger partial charge in [0.1, 0.15) is 0 Å². The van der Waals surface area contributed by atoms with Crippen molar-refractivity contribution in [3.05, 3.63) is 391 Å². The Morgan fingerprint density at radius 2 is 0.625 bits per heavy atom. The van der Waals surface area contributed by atoms with Gasteiger partial charge in [-0.25, -0.2) is 9.69 Å². The molecule has 0 aliphatic carbocycles. The summed E-state index contributed by atoms with van der Waals surface area (Å²) in [5, 5.41) is 15.2. The van der Waals surface area contributed by atoms with Crippen molar-refractivity contribution in [2.75, 3.05) is 0 Å². The molecule has 1 fully saturated rings. The van der Waals surface area contributed by atoms with Crippen LogP contribution in [0.15, 0.2) is 368 Å². The molecule has 17 rings (SSSR count). The number of hydrogen-bond acceptors (Lipinski definition) is 2. The second-order valence-corrected chi connectivity index (χ2v) is 35.4. The summed E-state index contributed by atoms with van der Waals surface area (Å²) in [7, 11) is -5.71. The molecule has 0 unspecified atom stereocenters. The van der Waals surface area contributed by atoms with Crippen molar-refractivity contribution in [3.8, 4) is 22.5 Å². The first-order chi connectivity index (χ1) is 49.9. The largest absolute Gasteiger partial charge is 0.494 e. The van der Waals surface area contributed by atoms with Crippen LogP contribution in [0, 0.1) is 13.1 Å². The minimum absolute atomic E-state index is 0. The van der Waals surface area contributed by atoms with Gasteiger partial charge in [0.25, 0.3) is 0 Å². The van der Waals surface area contributed by atoms with Crippen LogP contribution in [0.25, 0.3) is 75.8 Å². The van der Waals surface area contributed by atoms with E-state index in [1.807, 2.05) is 12.1 Å². The van der Waals surface area contributed by atoms with E-state index >= 15 is 0 Å². The molecular formula is C93H76BBrN4O2PdSi2. The number of halogens is 1. The van der Waals surface area contributed by atoms with Gasteiger partial charge in [0.2, 0.25) is 0 Å². The zero-order valence-corrected chi connectivity index (χ0v) is 62.7. The van der Waals surface area contributed by atoms with Gasteiger partial charge in [-0.2, -0.15) is 0 Å². The number of benzene rings is 14. The van der Waals surface area contributed by atoms with E-state index in [1.54, 1.807) is 0 Å². The fraction of sp³-hybridized carbons (Fsp3) is 0.0753. The molecule has 0 radical (unpaired) electrons. The molecule has 3 heterocycles. The van der Waals surface area contributed by atoms with E-state index in [4.69, 9.17) is 22.5 Å². The van der Waals surface area contributed by atoms with Gasteiger partial charge in [-0.3, -0.25) is 0 Å². The molecule has 0 saturated carbocycles. The summed E-state index contributed by atoms with van der Waals surface area (Å²) in [6, 6.07) is 129. The van der Waals surface area contributed by atoms with Crippen molar-refractivity contribution in [2.45, 2.75) is 46.3 Å². The SMILES string of the molecule is C.CC1(C)OB(c2cccc(-n3c4ccccc4c4ccccc43)c2)OC1(C)C.[C-]#[N+]c1cc(-c2cccc(-n3c4ccccc4c4ccccc43)c2)cc([Si](c2ccccc2)(c2ccccc2)c2ccccc2)c1.[C-]#[N+]c1cc(Br)cc([Si](c2ccccc2)(c2ccccc2)c2ccccc2)c1.[Pd]. The maximum Gasteiger partial charge on any atom is 0.494 e. The molecule has 1 aliphatic rings. The fourth-order valence-electron chi connectivity index (χ4n) is 15.1. The summed E-state index contributed by atoms with van der Waals surface area (Å²) in [6.07, 6.45) is 0. The third-order valence-electron chi connectivity index (χ3n) is 20.4. The van der Waals surface area contributed by atoms with Crippen LogP contribution in [-0.2, 0) is 29.7 Å². The molecule has 0 amide bonds. The summed E-state index contributed by atoms with van der Waals surface area (Å²) in [6.45, 7) is 24.1. The predicted octanol–water partition coefficient (Wildman–Crippen LogP) is 18.5. The Balaban J connectivity index is 0.000000144. The molecule has 0 spiro atoms. The van der Waals surface area contributed by atoms with E-state index in [1.165, 1.54) is 85.1 Å². The maximum atomic E-state index is 8.19. The second kappa shape index (κ2) is 30.7. The average molecular weight is 1530 g/mol. The number of aromatic nitrogens is 2. The quantitative estimate of drug-likeness (QED) is 0.0694. The van der Waals surface area contributed by atoms with E-state index in [0.717, 1.165) is 32.4 Å². The van der Waals surface area contributed by atoms with E-state index in [9.17, 15) is 0 Å². The van der Waals surface area contributed by atoms with Crippen molar-refractivity contribution >= 4 is 141 Å². The monoisotopic (exact) mass is 1530 g/mol. The van der Waals surface area contributed by atoms with E-state index in [-0.39, 0.29) is 46.2 Å². The first kappa shape index (κ1) is 71.6. The molecule has 508 valence electrons. The van der Waals surface area contributed by atoms with Crippen LogP contribution in [0.3, 0.4) is 0 Å². The molecule has 0 atom stereocenters. The van der Waals surface area contributed by atoms with Crippen LogP contribution in [0.5, 0.6) is 0 Å². The van der Waals surface area contributed by atoms with Gasteiger partial charge in [-0.05, 0) is 136 Å². The van der Waals surface area contributed by atoms with E-state index in [0.29, 0.717) is 11.4 Å². The Bertz CT molecular complexity index is 5470. The van der Waals surface area contributed by atoms with Crippen LogP contribution in [0.1, 0.15) is 35.1 Å². The first-order valence-electron chi connectivity index (χ1n) is 34.5. The van der Waals surface area contributed by atoms with Crippen molar-refractivity contribution in [1.82, 2.24) is 9.13 Å². The summed E-state index contributed by atoms with van der Waals surface area (Å²) in [5.41, 5.74) is 10.8. The Morgan fingerprint density at radius 3 is 0.981 bits per heavy atom. The third-order valence-corrected chi connectivity index (χ3v) is 30.4. The zero-order chi connectivity index (χ0) is 69.8. The van der Waals surface area contributed by atoms with Crippen LogP contribution in [-0.4, -0.2) is 43.6 Å². The topological polar surface area (TPSA) is 37.0 Å². The minimum Gasteiger partial charge on any atom is -0.399 e. The smallest absolute Gasteiger partial charge is 0.399 e. The van der Waals surface area contributed by atoms with Gasteiger partial charge in [-0.1, -0.05) is 337 Å². The van der Waals surface area contributed by atoms with Crippen LogP contribution in [0.4, 0.5) is 11.4 Å². The zero-order valence-electron chi connectivity index (χ0n) is 57.5. The second-order valence-electron chi connectivity index (χ2n) is 26.9. The summed E-state index contributed by atoms with van der Waals surface area (Å²) in [4.78, 5) is 7.76. The molecule has 1 saturated heterocycles. The summed E-state index contributed by atoms with van der Waals surface area (Å²) in [5.74, 6) is 0. The number of rotatable bonds is 12.